The van der Waals surface area contributed by atoms with E-state index in [9.17, 15) is 0 Å². The molecule has 1 N–H and O–H groups in total. The van der Waals surface area contributed by atoms with Gasteiger partial charge in [-0.2, -0.15) is 4.98 Å². The summed E-state index contributed by atoms with van der Waals surface area (Å²) in [6, 6.07) is 6.61. The highest BCUT2D eigenvalue weighted by atomic mass is 16.6. The Bertz CT molecular complexity index is 566. The molecule has 1 aromatic heterocycles. The molecule has 0 saturated carbocycles. The Morgan fingerprint density at radius 2 is 2.00 bits per heavy atom. The van der Waals surface area contributed by atoms with Gasteiger partial charge in [0.15, 0.2) is 11.5 Å². The summed E-state index contributed by atoms with van der Waals surface area (Å²) in [4.78, 5) is 4.30. The van der Waals surface area contributed by atoms with Crippen molar-refractivity contribution in [2.24, 2.45) is 0 Å². The second kappa shape index (κ2) is 5.22. The number of nitrogens with one attached hydrogen (secondary N) is 1. The van der Waals surface area contributed by atoms with Crippen LogP contribution in [-0.4, -0.2) is 25.2 Å². The fourth-order valence-electron chi connectivity index (χ4n) is 2.05. The van der Waals surface area contributed by atoms with Crippen LogP contribution in [0.2, 0.25) is 0 Å². The molecule has 100 valence electrons. The molecule has 0 atom stereocenters. The van der Waals surface area contributed by atoms with E-state index in [-0.39, 0.29) is 0 Å². The van der Waals surface area contributed by atoms with Crippen molar-refractivity contribution >= 4 is 6.01 Å². The molecule has 0 bridgehead atoms. The summed E-state index contributed by atoms with van der Waals surface area (Å²) in [5.41, 5.74) is 2.15. The van der Waals surface area contributed by atoms with Crippen molar-refractivity contribution in [1.29, 1.82) is 0 Å². The zero-order valence-electron chi connectivity index (χ0n) is 10.8. The number of aromatic nitrogens is 1. The summed E-state index contributed by atoms with van der Waals surface area (Å²) in [5.74, 6) is 1.66. The first kappa shape index (κ1) is 11.9. The van der Waals surface area contributed by atoms with Gasteiger partial charge < -0.3 is 19.2 Å². The molecule has 0 saturated heterocycles. The van der Waals surface area contributed by atoms with Crippen LogP contribution in [0.4, 0.5) is 6.01 Å². The van der Waals surface area contributed by atoms with Gasteiger partial charge in [0.05, 0.1) is 5.69 Å². The fraction of sp³-hybridized carbons (Fsp3) is 0.357. The van der Waals surface area contributed by atoms with E-state index >= 15 is 0 Å². The molecule has 1 aliphatic rings. The summed E-state index contributed by atoms with van der Waals surface area (Å²) in [6.07, 6.45) is 3.42. The molecule has 0 amide bonds. The first-order valence-electron chi connectivity index (χ1n) is 6.36. The molecule has 0 aliphatic carbocycles. The van der Waals surface area contributed by atoms with Gasteiger partial charge in [-0.05, 0) is 30.5 Å². The second-order valence-corrected chi connectivity index (χ2v) is 4.37. The monoisotopic (exact) mass is 260 g/mol. The lowest BCUT2D eigenvalue weighted by atomic mass is 10.1. The van der Waals surface area contributed by atoms with Crippen molar-refractivity contribution in [2.45, 2.75) is 12.8 Å². The molecule has 2 heterocycles. The van der Waals surface area contributed by atoms with Crippen LogP contribution in [0, 0.1) is 0 Å². The maximum absolute atomic E-state index is 5.57. The topological polar surface area (TPSA) is 56.5 Å². The summed E-state index contributed by atoms with van der Waals surface area (Å²) in [7, 11) is 1.79. The normalized spacial score (nSPS) is 13.3. The molecule has 5 heteroatoms. The number of anilines is 1. The minimum absolute atomic E-state index is 0.553. The predicted octanol–water partition coefficient (Wildman–Crippen LogP) is 2.27. The van der Waals surface area contributed by atoms with Gasteiger partial charge in [-0.15, -0.1) is 0 Å². The van der Waals surface area contributed by atoms with Crippen molar-refractivity contribution in [3.05, 3.63) is 35.7 Å². The number of aryl methyl sites for hydroxylation is 2. The van der Waals surface area contributed by atoms with E-state index in [2.05, 4.69) is 16.4 Å². The number of hydrogen-bond donors (Lipinski definition) is 1. The molecular formula is C14H16N2O3. The van der Waals surface area contributed by atoms with Crippen molar-refractivity contribution in [3.63, 3.8) is 0 Å². The maximum Gasteiger partial charge on any atom is 0.294 e. The van der Waals surface area contributed by atoms with Gasteiger partial charge in [-0.3, -0.25) is 0 Å². The molecule has 3 rings (SSSR count). The van der Waals surface area contributed by atoms with Gasteiger partial charge in [0.25, 0.3) is 6.01 Å². The van der Waals surface area contributed by atoms with Crippen LogP contribution in [0.25, 0.3) is 0 Å². The van der Waals surface area contributed by atoms with E-state index in [1.165, 1.54) is 5.56 Å². The second-order valence-electron chi connectivity index (χ2n) is 4.37. The first-order valence-corrected chi connectivity index (χ1v) is 6.36. The van der Waals surface area contributed by atoms with Gasteiger partial charge >= 0.3 is 0 Å². The summed E-state index contributed by atoms with van der Waals surface area (Å²) < 4.78 is 16.3. The van der Waals surface area contributed by atoms with Gasteiger partial charge in [0, 0.05) is 7.05 Å². The average Bonchev–Trinajstić information content (AvgIpc) is 2.93. The number of fused-ring (bicyclic) bond motifs is 1. The highest BCUT2D eigenvalue weighted by Crippen LogP contribution is 2.31. The third-order valence-corrected chi connectivity index (χ3v) is 3.04. The van der Waals surface area contributed by atoms with E-state index in [0.717, 1.165) is 30.0 Å². The van der Waals surface area contributed by atoms with Crippen LogP contribution < -0.4 is 14.8 Å². The average molecular weight is 260 g/mol. The minimum atomic E-state index is 0.553. The zero-order chi connectivity index (χ0) is 13.1. The number of nitrogens with zero attached hydrogens (tertiary/aromatic N) is 1. The van der Waals surface area contributed by atoms with Crippen LogP contribution in [0.1, 0.15) is 11.3 Å². The molecule has 0 fully saturated rings. The molecule has 0 spiro atoms. The lowest BCUT2D eigenvalue weighted by Gasteiger charge is -2.18. The number of benzene rings is 1. The van der Waals surface area contributed by atoms with E-state index in [0.29, 0.717) is 19.2 Å². The Kier molecular flexibility index (Phi) is 3.27. The van der Waals surface area contributed by atoms with Gasteiger partial charge in [-0.1, -0.05) is 6.07 Å². The largest absolute Gasteiger partial charge is 0.486 e. The van der Waals surface area contributed by atoms with E-state index in [4.69, 9.17) is 13.9 Å². The van der Waals surface area contributed by atoms with E-state index < -0.39 is 0 Å². The third kappa shape index (κ3) is 2.65. The van der Waals surface area contributed by atoms with Crippen molar-refractivity contribution < 1.29 is 13.9 Å². The Morgan fingerprint density at radius 3 is 2.79 bits per heavy atom. The number of hydrogen-bond acceptors (Lipinski definition) is 5. The van der Waals surface area contributed by atoms with Crippen LogP contribution in [-0.2, 0) is 12.8 Å². The van der Waals surface area contributed by atoms with Crippen LogP contribution in [0.5, 0.6) is 11.5 Å². The summed E-state index contributed by atoms with van der Waals surface area (Å²) in [6.45, 7) is 1.24. The van der Waals surface area contributed by atoms with Crippen LogP contribution in [0.3, 0.4) is 0 Å². The van der Waals surface area contributed by atoms with Crippen LogP contribution in [0.15, 0.2) is 28.9 Å². The Labute approximate surface area is 111 Å². The SMILES string of the molecule is CNc1nc(CCc2ccc3c(c2)OCCO3)co1. The molecule has 19 heavy (non-hydrogen) atoms. The smallest absolute Gasteiger partial charge is 0.294 e. The number of ether oxygens (including phenoxy) is 2. The summed E-state index contributed by atoms with van der Waals surface area (Å²) >= 11 is 0. The maximum atomic E-state index is 5.57. The Morgan fingerprint density at radius 1 is 1.16 bits per heavy atom. The highest BCUT2D eigenvalue weighted by Gasteiger charge is 2.12. The standard InChI is InChI=1S/C14H16N2O3/c1-15-14-16-11(9-19-14)4-2-10-3-5-12-13(8-10)18-7-6-17-12/h3,5,8-9H,2,4,6-7H2,1H3,(H,15,16). The Hall–Kier alpha value is -2.17. The molecule has 0 unspecified atom stereocenters. The van der Waals surface area contributed by atoms with Gasteiger partial charge in [0.1, 0.15) is 19.5 Å². The third-order valence-electron chi connectivity index (χ3n) is 3.04. The summed E-state index contributed by atoms with van der Waals surface area (Å²) in [5, 5.41) is 2.87. The molecule has 0 radical (unpaired) electrons. The molecule has 1 aliphatic heterocycles. The predicted molar refractivity (Wildman–Crippen MR) is 70.9 cm³/mol. The molecular weight excluding hydrogens is 244 g/mol. The van der Waals surface area contributed by atoms with E-state index in [1.54, 1.807) is 13.3 Å². The highest BCUT2D eigenvalue weighted by molar-refractivity contribution is 5.44. The van der Waals surface area contributed by atoms with Crippen molar-refractivity contribution in [1.82, 2.24) is 4.98 Å². The lowest BCUT2D eigenvalue weighted by molar-refractivity contribution is 0.171. The minimum Gasteiger partial charge on any atom is -0.486 e. The zero-order valence-corrected chi connectivity index (χ0v) is 10.8. The Balaban J connectivity index is 1.66. The van der Waals surface area contributed by atoms with Crippen molar-refractivity contribution in [2.75, 3.05) is 25.6 Å². The molecule has 2 aromatic rings. The van der Waals surface area contributed by atoms with E-state index in [1.807, 2.05) is 12.1 Å². The van der Waals surface area contributed by atoms with Gasteiger partial charge in [0.2, 0.25) is 0 Å². The molecule has 1 aromatic carbocycles. The fourth-order valence-corrected chi connectivity index (χ4v) is 2.05. The number of oxazole rings is 1. The van der Waals surface area contributed by atoms with Crippen LogP contribution >= 0.6 is 0 Å². The quantitative estimate of drug-likeness (QED) is 0.914. The van der Waals surface area contributed by atoms with Crippen molar-refractivity contribution in [3.8, 4) is 11.5 Å². The first-order chi connectivity index (χ1) is 9.35. The molecule has 5 nitrogen and oxygen atoms in total. The van der Waals surface area contributed by atoms with Gasteiger partial charge in [-0.25, -0.2) is 0 Å². The lowest BCUT2D eigenvalue weighted by Crippen LogP contribution is -2.15. The number of rotatable bonds is 4.